The molecular weight excluding hydrogens is 713 g/mol. The summed E-state index contributed by atoms with van der Waals surface area (Å²) in [4.78, 5) is 43.6. The van der Waals surface area contributed by atoms with Crippen molar-refractivity contribution < 1.29 is 24.6 Å². The van der Waals surface area contributed by atoms with Crippen molar-refractivity contribution in [2.75, 3.05) is 40.9 Å². The number of rotatable bonds is 15. The molecule has 57 heavy (non-hydrogen) atoms. The SMILES string of the molecule is CCN(CC)c1ccc(/C=C(\C#N)C(=O)Cc2ccc3c(c2)C(C)(C)C(/C=C/C=C2/N(CCC(=O)O)c4ccc5ccccc5c4C2(C)C)N3CCC(=O)O)cc1. The van der Waals surface area contributed by atoms with Crippen LogP contribution in [0.4, 0.5) is 17.1 Å². The fraction of sp³-hybridized carbons (Fsp3) is 0.333. The quantitative estimate of drug-likeness (QED) is 0.0901. The van der Waals surface area contributed by atoms with Crippen LogP contribution in [0.5, 0.6) is 0 Å². The molecule has 1 unspecified atom stereocenters. The van der Waals surface area contributed by atoms with Gasteiger partial charge in [0.1, 0.15) is 6.07 Å². The van der Waals surface area contributed by atoms with Crippen molar-refractivity contribution in [3.05, 3.63) is 131 Å². The van der Waals surface area contributed by atoms with Gasteiger partial charge in [-0.25, -0.2) is 0 Å². The van der Waals surface area contributed by atoms with E-state index in [0.29, 0.717) is 6.54 Å². The van der Waals surface area contributed by atoms with Gasteiger partial charge in [-0.2, -0.15) is 5.26 Å². The second-order valence-electron chi connectivity index (χ2n) is 15.9. The minimum atomic E-state index is -0.890. The molecule has 0 saturated heterocycles. The van der Waals surface area contributed by atoms with E-state index in [2.05, 4.69) is 98.7 Å². The van der Waals surface area contributed by atoms with Gasteiger partial charge in [-0.1, -0.05) is 94.4 Å². The molecule has 0 saturated carbocycles. The van der Waals surface area contributed by atoms with Crippen molar-refractivity contribution in [3.63, 3.8) is 0 Å². The number of benzene rings is 4. The largest absolute Gasteiger partial charge is 0.481 e. The van der Waals surface area contributed by atoms with E-state index in [0.717, 1.165) is 68.9 Å². The van der Waals surface area contributed by atoms with Gasteiger partial charge in [-0.15, -0.1) is 0 Å². The molecule has 1 atom stereocenters. The van der Waals surface area contributed by atoms with Gasteiger partial charge in [-0.05, 0) is 83.3 Å². The number of carboxylic acids is 2. The third-order valence-electron chi connectivity index (χ3n) is 11.7. The van der Waals surface area contributed by atoms with Crippen LogP contribution in [0.3, 0.4) is 0 Å². The summed E-state index contributed by atoms with van der Waals surface area (Å²) in [6.45, 7) is 15.2. The van der Waals surface area contributed by atoms with Crippen LogP contribution in [0.15, 0.2) is 108 Å². The van der Waals surface area contributed by atoms with E-state index in [1.165, 1.54) is 0 Å². The van der Waals surface area contributed by atoms with Crippen molar-refractivity contribution in [2.45, 2.75) is 77.7 Å². The molecule has 6 rings (SSSR count). The Balaban J connectivity index is 1.30. The monoisotopic (exact) mass is 764 g/mol. The molecule has 0 radical (unpaired) electrons. The van der Waals surface area contributed by atoms with E-state index in [1.807, 2.05) is 60.7 Å². The Kier molecular flexibility index (Phi) is 11.8. The van der Waals surface area contributed by atoms with E-state index < -0.39 is 22.8 Å². The third kappa shape index (κ3) is 8.08. The summed E-state index contributed by atoms with van der Waals surface area (Å²) in [5.41, 5.74) is 6.89. The number of fused-ring (bicyclic) bond motifs is 4. The molecular formula is C48H52N4O5. The molecule has 4 aromatic rings. The fourth-order valence-electron chi connectivity index (χ4n) is 8.71. The maximum Gasteiger partial charge on any atom is 0.305 e. The number of carbonyl (C=O) groups excluding carboxylic acids is 1. The Morgan fingerprint density at radius 1 is 0.860 bits per heavy atom. The number of ketones is 1. The lowest BCUT2D eigenvalue weighted by molar-refractivity contribution is -0.137. The highest BCUT2D eigenvalue weighted by Crippen LogP contribution is 2.51. The first kappa shape index (κ1) is 40.5. The molecule has 4 aromatic carbocycles. The molecule has 2 aliphatic rings. The molecule has 0 fully saturated rings. The molecule has 9 heteroatoms. The van der Waals surface area contributed by atoms with Crippen LogP contribution in [-0.2, 0) is 31.6 Å². The number of allylic oxidation sites excluding steroid dienone is 4. The minimum Gasteiger partial charge on any atom is -0.481 e. The van der Waals surface area contributed by atoms with Crippen LogP contribution in [0.1, 0.15) is 76.6 Å². The van der Waals surface area contributed by atoms with Gasteiger partial charge in [0.2, 0.25) is 0 Å². The number of aliphatic carboxylic acids is 2. The molecule has 2 aliphatic heterocycles. The van der Waals surface area contributed by atoms with Gasteiger partial charge in [0.25, 0.3) is 0 Å². The number of hydrogen-bond donors (Lipinski definition) is 2. The van der Waals surface area contributed by atoms with E-state index in [9.17, 15) is 29.9 Å². The summed E-state index contributed by atoms with van der Waals surface area (Å²) >= 11 is 0. The van der Waals surface area contributed by atoms with Gasteiger partial charge in [0, 0.05) is 66.2 Å². The maximum atomic E-state index is 13.5. The highest BCUT2D eigenvalue weighted by Gasteiger charge is 2.44. The highest BCUT2D eigenvalue weighted by atomic mass is 16.4. The van der Waals surface area contributed by atoms with Crippen LogP contribution in [0.25, 0.3) is 16.8 Å². The van der Waals surface area contributed by atoms with Crippen LogP contribution < -0.4 is 14.7 Å². The Hall–Kier alpha value is -6.14. The van der Waals surface area contributed by atoms with Gasteiger partial charge in [0.15, 0.2) is 5.78 Å². The van der Waals surface area contributed by atoms with Gasteiger partial charge in [0.05, 0.1) is 24.5 Å². The standard InChI is InChI=1S/C48H52N4O5/c1-7-50(8-2)36-20-16-32(17-21-36)28-35(31-49)41(53)30-33-18-22-39-38(29-33)47(3,4)42(51(39)26-24-44(54)55)14-11-15-43-48(5,6)46-37-13-10-9-12-34(37)19-23-40(46)52(43)27-25-45(56)57/h9-23,28-29,42H,7-8,24-27,30H2,1-6H3,(H,54,55)(H,56,57)/b14-11+,35-28+,43-15+. The van der Waals surface area contributed by atoms with E-state index in [4.69, 9.17) is 0 Å². The van der Waals surface area contributed by atoms with Gasteiger partial charge >= 0.3 is 11.9 Å². The van der Waals surface area contributed by atoms with E-state index >= 15 is 0 Å². The molecule has 2 N–H and O–H groups in total. The number of nitriles is 1. The topological polar surface area (TPSA) is 125 Å². The number of nitrogens with zero attached hydrogens (tertiary/aromatic N) is 4. The van der Waals surface area contributed by atoms with Crippen LogP contribution in [0.2, 0.25) is 0 Å². The van der Waals surface area contributed by atoms with Crippen LogP contribution in [0, 0.1) is 11.3 Å². The second-order valence-corrected chi connectivity index (χ2v) is 15.9. The average molecular weight is 765 g/mol. The summed E-state index contributed by atoms with van der Waals surface area (Å²) in [5.74, 6) is -2.02. The first-order valence-electron chi connectivity index (χ1n) is 19.7. The van der Waals surface area contributed by atoms with Gasteiger partial charge < -0.3 is 24.9 Å². The summed E-state index contributed by atoms with van der Waals surface area (Å²) in [6.07, 6.45) is 7.83. The lowest BCUT2D eigenvalue weighted by Gasteiger charge is -2.32. The molecule has 0 aliphatic carbocycles. The zero-order valence-electron chi connectivity index (χ0n) is 33.8. The Morgan fingerprint density at radius 2 is 1.53 bits per heavy atom. The van der Waals surface area contributed by atoms with Crippen LogP contribution in [-0.4, -0.2) is 60.2 Å². The second kappa shape index (κ2) is 16.5. The molecule has 0 spiro atoms. The average Bonchev–Trinajstić information content (AvgIpc) is 3.53. The molecule has 294 valence electrons. The summed E-state index contributed by atoms with van der Waals surface area (Å²) in [5, 5.41) is 31.6. The zero-order chi connectivity index (χ0) is 41.1. The van der Waals surface area contributed by atoms with Crippen LogP contribution >= 0.6 is 0 Å². The van der Waals surface area contributed by atoms with E-state index in [1.54, 1.807) is 6.08 Å². The predicted molar refractivity (Wildman–Crippen MR) is 229 cm³/mol. The molecule has 2 heterocycles. The number of carboxylic acid groups (broad SMARTS) is 2. The van der Waals surface area contributed by atoms with Crippen molar-refractivity contribution >= 4 is 51.6 Å². The third-order valence-corrected chi connectivity index (χ3v) is 11.7. The Morgan fingerprint density at radius 3 is 2.19 bits per heavy atom. The lowest BCUT2D eigenvalue weighted by atomic mass is 9.79. The number of carbonyl (C=O) groups is 3. The first-order valence-corrected chi connectivity index (χ1v) is 19.7. The molecule has 0 amide bonds. The number of hydrogen-bond acceptors (Lipinski definition) is 7. The van der Waals surface area contributed by atoms with Gasteiger partial charge in [-0.3, -0.25) is 14.4 Å². The van der Waals surface area contributed by atoms with Crippen molar-refractivity contribution in [1.29, 1.82) is 5.26 Å². The molecule has 0 bridgehead atoms. The van der Waals surface area contributed by atoms with Crippen molar-refractivity contribution in [1.82, 2.24) is 0 Å². The summed E-state index contributed by atoms with van der Waals surface area (Å²) in [7, 11) is 0. The number of Topliss-reactive ketones (excluding diaryl/α,β-unsaturated/α-hetero) is 1. The normalized spacial score (nSPS) is 17.5. The molecule has 0 aromatic heterocycles. The fourth-order valence-corrected chi connectivity index (χ4v) is 8.71. The smallest absolute Gasteiger partial charge is 0.305 e. The number of anilines is 3. The van der Waals surface area contributed by atoms with Crippen molar-refractivity contribution in [2.24, 2.45) is 0 Å². The summed E-state index contributed by atoms with van der Waals surface area (Å²) in [6, 6.07) is 28.1. The summed E-state index contributed by atoms with van der Waals surface area (Å²) < 4.78 is 0. The lowest BCUT2D eigenvalue weighted by Crippen LogP contribution is -2.41. The Labute approximate surface area is 335 Å². The Bertz CT molecular complexity index is 2320. The minimum absolute atomic E-state index is 0.0160. The first-order chi connectivity index (χ1) is 27.2. The van der Waals surface area contributed by atoms with Crippen molar-refractivity contribution in [3.8, 4) is 6.07 Å². The zero-order valence-corrected chi connectivity index (χ0v) is 33.8. The highest BCUT2D eigenvalue weighted by molar-refractivity contribution is 6.04. The predicted octanol–water partition coefficient (Wildman–Crippen LogP) is 9.06. The molecule has 9 nitrogen and oxygen atoms in total. The van der Waals surface area contributed by atoms with E-state index in [-0.39, 0.29) is 43.2 Å². The maximum absolute atomic E-state index is 13.5.